The van der Waals surface area contributed by atoms with E-state index < -0.39 is 12.2 Å². The highest BCUT2D eigenvalue weighted by atomic mass is 16.6. The van der Waals surface area contributed by atoms with Crippen LogP contribution in [0.25, 0.3) is 0 Å². The maximum absolute atomic E-state index is 9.11. The van der Waals surface area contributed by atoms with Crippen LogP contribution in [0.3, 0.4) is 0 Å². The molecule has 0 aromatic heterocycles. The fourth-order valence-corrected chi connectivity index (χ4v) is 1.90. The number of aliphatic hydroxyl groups is 4. The first-order chi connectivity index (χ1) is 14.7. The average Bonchev–Trinajstić information content (AvgIpc) is 2.72. The Morgan fingerprint density at radius 3 is 1.19 bits per heavy atom. The van der Waals surface area contributed by atoms with Gasteiger partial charge in [0.2, 0.25) is 0 Å². The Bertz CT molecular complexity index is 336. The van der Waals surface area contributed by atoms with E-state index in [4.69, 9.17) is 48.8 Å². The van der Waals surface area contributed by atoms with Crippen molar-refractivity contribution in [3.8, 4) is 0 Å². The van der Waals surface area contributed by atoms with Crippen LogP contribution in [0, 0.1) is 0 Å². The summed E-state index contributed by atoms with van der Waals surface area (Å²) >= 11 is 0. The van der Waals surface area contributed by atoms with E-state index in [1.165, 1.54) is 0 Å². The molecular formula is C21H46O10. The van der Waals surface area contributed by atoms with Crippen molar-refractivity contribution in [2.75, 3.05) is 72.7 Å². The molecule has 0 heterocycles. The third-order valence-electron chi connectivity index (χ3n) is 3.41. The largest absolute Gasteiger partial charge is 0.394 e. The molecule has 0 spiro atoms. The van der Waals surface area contributed by atoms with Gasteiger partial charge < -0.3 is 48.8 Å². The van der Waals surface area contributed by atoms with Crippen molar-refractivity contribution >= 4 is 0 Å². The molecule has 0 bridgehead atoms. The van der Waals surface area contributed by atoms with Gasteiger partial charge in [-0.25, -0.2) is 0 Å². The molecule has 5 atom stereocenters. The van der Waals surface area contributed by atoms with Gasteiger partial charge in [0.1, 0.15) is 0 Å². The second kappa shape index (κ2) is 24.2. The molecule has 5 unspecified atom stereocenters. The zero-order chi connectivity index (χ0) is 23.9. The number of rotatable bonds is 20. The van der Waals surface area contributed by atoms with Gasteiger partial charge in [0.25, 0.3) is 0 Å². The van der Waals surface area contributed by atoms with Crippen molar-refractivity contribution in [3.05, 3.63) is 0 Å². The summed E-state index contributed by atoms with van der Waals surface area (Å²) in [6.07, 6.45) is -1.07. The van der Waals surface area contributed by atoms with Crippen LogP contribution in [-0.4, -0.2) is 124 Å². The van der Waals surface area contributed by atoms with E-state index >= 15 is 0 Å². The van der Waals surface area contributed by atoms with Crippen LogP contribution >= 0.6 is 0 Å². The molecule has 0 aliphatic carbocycles. The molecule has 0 radical (unpaired) electrons. The van der Waals surface area contributed by atoms with Crippen molar-refractivity contribution in [2.24, 2.45) is 0 Å². The minimum absolute atomic E-state index is 0.0356. The van der Waals surface area contributed by atoms with Crippen molar-refractivity contribution in [3.63, 3.8) is 0 Å². The molecule has 0 aromatic carbocycles. The molecule has 0 aliphatic heterocycles. The quantitative estimate of drug-likeness (QED) is 0.184. The van der Waals surface area contributed by atoms with Crippen molar-refractivity contribution in [1.29, 1.82) is 0 Å². The number of aliphatic hydroxyl groups excluding tert-OH is 4. The summed E-state index contributed by atoms with van der Waals surface area (Å²) in [6, 6.07) is 0. The monoisotopic (exact) mass is 458 g/mol. The Labute approximate surface area is 187 Å². The van der Waals surface area contributed by atoms with E-state index in [0.717, 1.165) is 0 Å². The SMILES string of the molecule is CC(O)COC(C)COCC(C)OCC(C)OCC(C)O.OCCOCCOCCO. The number of hydrogen-bond donors (Lipinski definition) is 4. The van der Waals surface area contributed by atoms with Crippen LogP contribution in [0.5, 0.6) is 0 Å². The third-order valence-corrected chi connectivity index (χ3v) is 3.41. The van der Waals surface area contributed by atoms with E-state index in [9.17, 15) is 0 Å². The molecule has 0 fully saturated rings. The molecule has 0 saturated heterocycles. The van der Waals surface area contributed by atoms with Crippen LogP contribution in [-0.2, 0) is 28.4 Å². The molecular weight excluding hydrogens is 412 g/mol. The third kappa shape index (κ3) is 29.6. The maximum Gasteiger partial charge on any atom is 0.0781 e. The molecule has 10 heteroatoms. The lowest BCUT2D eigenvalue weighted by Crippen LogP contribution is -2.27. The first kappa shape index (κ1) is 32.8. The Kier molecular flexibility index (Phi) is 25.6. The number of hydrogen-bond acceptors (Lipinski definition) is 10. The summed E-state index contributed by atoms with van der Waals surface area (Å²) in [6.45, 7) is 12.9. The molecule has 10 nitrogen and oxygen atoms in total. The van der Waals surface area contributed by atoms with Crippen LogP contribution < -0.4 is 0 Å². The summed E-state index contributed by atoms with van der Waals surface area (Å²) in [5.74, 6) is 0. The molecule has 31 heavy (non-hydrogen) atoms. The predicted octanol–water partition coefficient (Wildman–Crippen LogP) is -0.0159. The predicted molar refractivity (Wildman–Crippen MR) is 116 cm³/mol. The smallest absolute Gasteiger partial charge is 0.0781 e. The average molecular weight is 459 g/mol. The summed E-state index contributed by atoms with van der Waals surface area (Å²) in [7, 11) is 0. The van der Waals surface area contributed by atoms with Crippen molar-refractivity contribution < 1.29 is 48.8 Å². The highest BCUT2D eigenvalue weighted by Gasteiger charge is 2.10. The highest BCUT2D eigenvalue weighted by molar-refractivity contribution is 4.55. The number of ether oxygens (including phenoxy) is 6. The zero-order valence-electron chi connectivity index (χ0n) is 19.9. The Balaban J connectivity index is 0. The van der Waals surface area contributed by atoms with Crippen LogP contribution in [0.2, 0.25) is 0 Å². The molecule has 0 rings (SSSR count). The lowest BCUT2D eigenvalue weighted by Gasteiger charge is -2.19. The first-order valence-corrected chi connectivity index (χ1v) is 10.9. The molecule has 0 saturated carbocycles. The van der Waals surface area contributed by atoms with Crippen molar-refractivity contribution in [2.45, 2.75) is 65.1 Å². The molecule has 0 amide bonds. The van der Waals surface area contributed by atoms with E-state index in [0.29, 0.717) is 59.5 Å². The first-order valence-electron chi connectivity index (χ1n) is 10.9. The summed E-state index contributed by atoms with van der Waals surface area (Å²) in [5.41, 5.74) is 0. The van der Waals surface area contributed by atoms with E-state index in [2.05, 4.69) is 0 Å². The van der Waals surface area contributed by atoms with Gasteiger partial charge in [0.15, 0.2) is 0 Å². The van der Waals surface area contributed by atoms with E-state index in [1.807, 2.05) is 20.8 Å². The zero-order valence-corrected chi connectivity index (χ0v) is 19.9. The molecule has 0 aliphatic rings. The van der Waals surface area contributed by atoms with Crippen LogP contribution in [0.1, 0.15) is 34.6 Å². The van der Waals surface area contributed by atoms with Crippen LogP contribution in [0.4, 0.5) is 0 Å². The summed E-state index contributed by atoms with van der Waals surface area (Å²) in [4.78, 5) is 0. The molecule has 0 aromatic rings. The summed E-state index contributed by atoms with van der Waals surface area (Å²) < 4.78 is 31.6. The second-order valence-corrected chi connectivity index (χ2v) is 7.34. The fraction of sp³-hybridized carbons (Fsp3) is 1.00. The van der Waals surface area contributed by atoms with Gasteiger partial charge in [0, 0.05) is 0 Å². The lowest BCUT2D eigenvalue weighted by molar-refractivity contribution is -0.0840. The Hall–Kier alpha value is -0.400. The van der Waals surface area contributed by atoms with Crippen LogP contribution in [0.15, 0.2) is 0 Å². The Morgan fingerprint density at radius 1 is 0.484 bits per heavy atom. The standard InChI is InChI=1S/C15H32O6.C6H14O4/c1-11(16)6-19-13(3)8-18-9-14(4)21-10-15(5)20-7-12(2)17;7-1-3-9-5-6-10-4-2-8/h11-17H,6-10H2,1-5H3;7-8H,1-6H2. The minimum atomic E-state index is -0.462. The Morgan fingerprint density at radius 2 is 0.839 bits per heavy atom. The van der Waals surface area contributed by atoms with Gasteiger partial charge in [-0.05, 0) is 34.6 Å². The van der Waals surface area contributed by atoms with E-state index in [-0.39, 0.29) is 31.5 Å². The van der Waals surface area contributed by atoms with Gasteiger partial charge in [-0.15, -0.1) is 0 Å². The minimum Gasteiger partial charge on any atom is -0.394 e. The maximum atomic E-state index is 9.11. The van der Waals surface area contributed by atoms with Gasteiger partial charge in [0.05, 0.1) is 103 Å². The van der Waals surface area contributed by atoms with Gasteiger partial charge in [-0.2, -0.15) is 0 Å². The van der Waals surface area contributed by atoms with Gasteiger partial charge in [-0.3, -0.25) is 0 Å². The normalized spacial score (nSPS) is 16.2. The molecule has 4 N–H and O–H groups in total. The van der Waals surface area contributed by atoms with E-state index in [1.54, 1.807) is 13.8 Å². The topological polar surface area (TPSA) is 136 Å². The molecule has 190 valence electrons. The van der Waals surface area contributed by atoms with Gasteiger partial charge >= 0.3 is 0 Å². The lowest BCUT2D eigenvalue weighted by atomic mass is 10.4. The fourth-order valence-electron chi connectivity index (χ4n) is 1.90. The highest BCUT2D eigenvalue weighted by Crippen LogP contribution is 2.00. The van der Waals surface area contributed by atoms with Crippen molar-refractivity contribution in [1.82, 2.24) is 0 Å². The second-order valence-electron chi connectivity index (χ2n) is 7.34. The van der Waals surface area contributed by atoms with Gasteiger partial charge in [-0.1, -0.05) is 0 Å². The summed E-state index contributed by atoms with van der Waals surface area (Å²) in [5, 5.41) is 34.7.